The molecule has 0 radical (unpaired) electrons. The standard InChI is InChI=1S/C12H18O3/c1-3-14-12(13,15-4-2)10-11-8-6-5-7-9-11/h5-9,13H,3-4,10H2,1-2H3. The molecular formula is C12H18O3. The molecule has 0 saturated heterocycles. The average molecular weight is 210 g/mol. The summed E-state index contributed by atoms with van der Waals surface area (Å²) in [6.07, 6.45) is 0.343. The fourth-order valence-electron chi connectivity index (χ4n) is 1.45. The first-order valence-corrected chi connectivity index (χ1v) is 5.24. The minimum absolute atomic E-state index is 0.343. The van der Waals surface area contributed by atoms with Crippen molar-refractivity contribution in [2.45, 2.75) is 26.2 Å². The Morgan fingerprint density at radius 3 is 2.07 bits per heavy atom. The minimum atomic E-state index is -1.50. The zero-order valence-electron chi connectivity index (χ0n) is 9.27. The van der Waals surface area contributed by atoms with Crippen LogP contribution in [0.15, 0.2) is 30.3 Å². The third-order valence-corrected chi connectivity index (χ3v) is 2.01. The van der Waals surface area contributed by atoms with Gasteiger partial charge in [0.2, 0.25) is 0 Å². The lowest BCUT2D eigenvalue weighted by atomic mass is 10.1. The van der Waals surface area contributed by atoms with Gasteiger partial charge in [-0.2, -0.15) is 0 Å². The van der Waals surface area contributed by atoms with Crippen molar-refractivity contribution in [3.63, 3.8) is 0 Å². The summed E-state index contributed by atoms with van der Waals surface area (Å²) in [4.78, 5) is 0. The van der Waals surface area contributed by atoms with Crippen molar-refractivity contribution in [3.8, 4) is 0 Å². The predicted molar refractivity (Wildman–Crippen MR) is 58.3 cm³/mol. The van der Waals surface area contributed by atoms with Crippen LogP contribution in [-0.2, 0) is 15.9 Å². The quantitative estimate of drug-likeness (QED) is 0.729. The van der Waals surface area contributed by atoms with Crippen LogP contribution in [0.3, 0.4) is 0 Å². The first-order valence-electron chi connectivity index (χ1n) is 5.24. The maximum atomic E-state index is 10.0. The normalized spacial score (nSPS) is 11.7. The highest BCUT2D eigenvalue weighted by Gasteiger charge is 2.28. The second-order valence-corrected chi connectivity index (χ2v) is 3.24. The maximum absolute atomic E-state index is 10.0. The van der Waals surface area contributed by atoms with Crippen molar-refractivity contribution in [3.05, 3.63) is 35.9 Å². The van der Waals surface area contributed by atoms with Gasteiger partial charge in [0.15, 0.2) is 0 Å². The van der Waals surface area contributed by atoms with E-state index in [4.69, 9.17) is 9.47 Å². The fraction of sp³-hybridized carbons (Fsp3) is 0.500. The lowest BCUT2D eigenvalue weighted by Gasteiger charge is -2.27. The first kappa shape index (κ1) is 12.2. The maximum Gasteiger partial charge on any atom is 0.284 e. The van der Waals surface area contributed by atoms with Gasteiger partial charge in [0.25, 0.3) is 5.97 Å². The molecule has 3 nitrogen and oxygen atoms in total. The van der Waals surface area contributed by atoms with Crippen molar-refractivity contribution >= 4 is 0 Å². The predicted octanol–water partition coefficient (Wildman–Crippen LogP) is 1.95. The van der Waals surface area contributed by atoms with Gasteiger partial charge in [0.1, 0.15) is 0 Å². The lowest BCUT2D eigenvalue weighted by molar-refractivity contribution is -0.356. The fourth-order valence-corrected chi connectivity index (χ4v) is 1.45. The van der Waals surface area contributed by atoms with Crippen molar-refractivity contribution in [2.75, 3.05) is 13.2 Å². The van der Waals surface area contributed by atoms with E-state index in [1.807, 2.05) is 44.2 Å². The van der Waals surface area contributed by atoms with Crippen LogP contribution in [0.25, 0.3) is 0 Å². The van der Waals surface area contributed by atoms with E-state index in [0.717, 1.165) is 5.56 Å². The lowest BCUT2D eigenvalue weighted by Crippen LogP contribution is -2.38. The Bertz CT molecular complexity index is 265. The smallest absolute Gasteiger partial charge is 0.284 e. The molecule has 0 aliphatic rings. The number of hydrogen-bond acceptors (Lipinski definition) is 3. The Kier molecular flexibility index (Phi) is 4.75. The first-order chi connectivity index (χ1) is 7.20. The second kappa shape index (κ2) is 5.85. The summed E-state index contributed by atoms with van der Waals surface area (Å²) >= 11 is 0. The molecule has 0 spiro atoms. The summed E-state index contributed by atoms with van der Waals surface area (Å²) in [5, 5.41) is 10.0. The molecule has 3 heteroatoms. The van der Waals surface area contributed by atoms with Gasteiger partial charge in [-0.25, -0.2) is 0 Å². The molecule has 1 N–H and O–H groups in total. The van der Waals surface area contributed by atoms with Crippen LogP contribution in [-0.4, -0.2) is 24.3 Å². The molecule has 15 heavy (non-hydrogen) atoms. The Balaban J connectivity index is 2.66. The van der Waals surface area contributed by atoms with Crippen LogP contribution in [0, 0.1) is 0 Å². The number of benzene rings is 1. The monoisotopic (exact) mass is 210 g/mol. The molecule has 0 aliphatic carbocycles. The molecular weight excluding hydrogens is 192 g/mol. The van der Waals surface area contributed by atoms with E-state index in [0.29, 0.717) is 19.6 Å². The van der Waals surface area contributed by atoms with E-state index < -0.39 is 5.97 Å². The molecule has 0 atom stereocenters. The average Bonchev–Trinajstić information content (AvgIpc) is 2.19. The number of hydrogen-bond donors (Lipinski definition) is 1. The van der Waals surface area contributed by atoms with Gasteiger partial charge in [-0.05, 0) is 19.4 Å². The van der Waals surface area contributed by atoms with Crippen molar-refractivity contribution < 1.29 is 14.6 Å². The third-order valence-electron chi connectivity index (χ3n) is 2.01. The highest BCUT2D eigenvalue weighted by molar-refractivity contribution is 5.15. The largest absolute Gasteiger partial charge is 0.343 e. The molecule has 1 aromatic carbocycles. The molecule has 84 valence electrons. The van der Waals surface area contributed by atoms with Gasteiger partial charge < -0.3 is 14.6 Å². The van der Waals surface area contributed by atoms with Gasteiger partial charge in [0.05, 0.1) is 6.42 Å². The Hall–Kier alpha value is -0.900. The third kappa shape index (κ3) is 4.00. The SMILES string of the molecule is CCOC(O)(Cc1ccccc1)OCC. The number of aliphatic hydroxyl groups is 1. The second-order valence-electron chi connectivity index (χ2n) is 3.24. The Labute approximate surface area is 90.6 Å². The Morgan fingerprint density at radius 2 is 1.60 bits per heavy atom. The Morgan fingerprint density at radius 1 is 1.07 bits per heavy atom. The van der Waals surface area contributed by atoms with Crippen LogP contribution < -0.4 is 0 Å². The van der Waals surface area contributed by atoms with Gasteiger partial charge in [-0.15, -0.1) is 0 Å². The number of ether oxygens (including phenoxy) is 2. The molecule has 0 fully saturated rings. The summed E-state index contributed by atoms with van der Waals surface area (Å²) in [7, 11) is 0. The number of rotatable bonds is 6. The van der Waals surface area contributed by atoms with Crippen LogP contribution in [0.1, 0.15) is 19.4 Å². The van der Waals surface area contributed by atoms with Crippen LogP contribution in [0.4, 0.5) is 0 Å². The van der Waals surface area contributed by atoms with Gasteiger partial charge in [-0.1, -0.05) is 30.3 Å². The molecule has 1 aromatic rings. The van der Waals surface area contributed by atoms with Crippen LogP contribution >= 0.6 is 0 Å². The minimum Gasteiger partial charge on any atom is -0.343 e. The zero-order chi connectivity index (χ0) is 11.1. The van der Waals surface area contributed by atoms with Crippen LogP contribution in [0.5, 0.6) is 0 Å². The van der Waals surface area contributed by atoms with E-state index in [1.54, 1.807) is 0 Å². The van der Waals surface area contributed by atoms with E-state index in [2.05, 4.69) is 0 Å². The van der Waals surface area contributed by atoms with Crippen LogP contribution in [0.2, 0.25) is 0 Å². The van der Waals surface area contributed by atoms with E-state index in [-0.39, 0.29) is 0 Å². The van der Waals surface area contributed by atoms with E-state index in [9.17, 15) is 5.11 Å². The molecule has 1 rings (SSSR count). The zero-order valence-corrected chi connectivity index (χ0v) is 9.27. The van der Waals surface area contributed by atoms with E-state index in [1.165, 1.54) is 0 Å². The molecule has 0 saturated carbocycles. The summed E-state index contributed by atoms with van der Waals surface area (Å²) in [5.41, 5.74) is 0.988. The molecule has 0 bridgehead atoms. The molecule has 0 unspecified atom stereocenters. The molecule has 0 aliphatic heterocycles. The van der Waals surface area contributed by atoms with Crippen molar-refractivity contribution in [1.29, 1.82) is 0 Å². The molecule has 0 heterocycles. The highest BCUT2D eigenvalue weighted by atomic mass is 16.8. The molecule has 0 aromatic heterocycles. The molecule has 0 amide bonds. The summed E-state index contributed by atoms with van der Waals surface area (Å²) < 4.78 is 10.4. The summed E-state index contributed by atoms with van der Waals surface area (Å²) in [6.45, 7) is 4.50. The van der Waals surface area contributed by atoms with Gasteiger partial charge in [0, 0.05) is 13.2 Å². The van der Waals surface area contributed by atoms with Crippen molar-refractivity contribution in [2.24, 2.45) is 0 Å². The highest BCUT2D eigenvalue weighted by Crippen LogP contribution is 2.16. The van der Waals surface area contributed by atoms with Gasteiger partial charge in [-0.3, -0.25) is 0 Å². The summed E-state index contributed by atoms with van der Waals surface area (Å²) in [5.74, 6) is -1.50. The topological polar surface area (TPSA) is 38.7 Å². The van der Waals surface area contributed by atoms with Gasteiger partial charge >= 0.3 is 0 Å². The van der Waals surface area contributed by atoms with E-state index >= 15 is 0 Å². The summed E-state index contributed by atoms with van der Waals surface area (Å²) in [6, 6.07) is 9.65. The van der Waals surface area contributed by atoms with Crippen molar-refractivity contribution in [1.82, 2.24) is 0 Å².